The maximum Gasteiger partial charge on any atom is 0.151 e. The Hall–Kier alpha value is -2.02. The first kappa shape index (κ1) is 19.7. The van der Waals surface area contributed by atoms with Gasteiger partial charge in [0.2, 0.25) is 0 Å². The molecular formula is C20H25ClN4O2. The Kier molecular flexibility index (Phi) is 5.51. The molecular weight excluding hydrogens is 364 g/mol. The standard InChI is InChI=1S/C20H22N4O.ClH.H2O/c1-20(15-4-7-21-8-5-15)22-12-18-17(24-20)11-16(23-18)13-2-3-19-14(10-13)6-9-25-19;;/h2-3,10-12,15,21H,4-9H2,1H3;1H;1H2. The van der Waals surface area contributed by atoms with Gasteiger partial charge in [-0.25, -0.2) is 4.99 Å². The van der Waals surface area contributed by atoms with Crippen LogP contribution >= 0.6 is 12.4 Å². The van der Waals surface area contributed by atoms with Crippen LogP contribution in [0, 0.1) is 5.92 Å². The minimum absolute atomic E-state index is 0. The molecule has 0 radical (unpaired) electrons. The van der Waals surface area contributed by atoms with Crippen LogP contribution in [0.3, 0.4) is 0 Å². The summed E-state index contributed by atoms with van der Waals surface area (Å²) in [6, 6.07) is 6.33. The van der Waals surface area contributed by atoms with Crippen LogP contribution in [0.15, 0.2) is 39.3 Å². The molecule has 1 aromatic carbocycles. The average molecular weight is 389 g/mol. The minimum Gasteiger partial charge on any atom is -0.493 e. The summed E-state index contributed by atoms with van der Waals surface area (Å²) in [5, 5.41) is 3.42. The molecule has 7 heteroatoms. The SMILES string of the molecule is CC1(C2CCNCC2)N=CC2=NC(c3ccc4c(c3)CCO4)=CC2=N1.Cl.O. The molecule has 1 atom stereocenters. The van der Waals surface area contributed by atoms with Crippen molar-refractivity contribution in [3.05, 3.63) is 35.4 Å². The van der Waals surface area contributed by atoms with E-state index in [1.54, 1.807) is 0 Å². The molecule has 0 amide bonds. The average Bonchev–Trinajstić information content (AvgIpc) is 3.27. The van der Waals surface area contributed by atoms with E-state index in [0.29, 0.717) is 5.92 Å². The zero-order valence-corrected chi connectivity index (χ0v) is 16.2. The van der Waals surface area contributed by atoms with Gasteiger partial charge < -0.3 is 15.5 Å². The van der Waals surface area contributed by atoms with E-state index in [-0.39, 0.29) is 23.5 Å². The second-order valence-electron chi connectivity index (χ2n) is 7.32. The van der Waals surface area contributed by atoms with Gasteiger partial charge in [-0.2, -0.15) is 0 Å². The first-order chi connectivity index (χ1) is 12.2. The molecule has 5 rings (SSSR count). The molecule has 1 saturated heterocycles. The Labute approximate surface area is 165 Å². The Morgan fingerprint density at radius 2 is 2.00 bits per heavy atom. The highest BCUT2D eigenvalue weighted by atomic mass is 35.5. The third-order valence-electron chi connectivity index (χ3n) is 5.67. The van der Waals surface area contributed by atoms with E-state index in [1.807, 2.05) is 6.21 Å². The number of allylic oxidation sites excluding steroid dienone is 1. The zero-order valence-electron chi connectivity index (χ0n) is 15.4. The second-order valence-corrected chi connectivity index (χ2v) is 7.32. The number of rotatable bonds is 2. The molecule has 1 fully saturated rings. The third-order valence-corrected chi connectivity index (χ3v) is 5.67. The van der Waals surface area contributed by atoms with Crippen molar-refractivity contribution in [1.82, 2.24) is 5.32 Å². The summed E-state index contributed by atoms with van der Waals surface area (Å²) in [5.41, 5.74) is 4.88. The van der Waals surface area contributed by atoms with Crippen molar-refractivity contribution in [3.8, 4) is 5.75 Å². The van der Waals surface area contributed by atoms with Crippen LogP contribution in [0.1, 0.15) is 30.9 Å². The number of piperidine rings is 1. The fourth-order valence-electron chi connectivity index (χ4n) is 4.13. The van der Waals surface area contributed by atoms with E-state index in [2.05, 4.69) is 36.5 Å². The number of hydrogen-bond acceptors (Lipinski definition) is 5. The fraction of sp³-hybridized carbons (Fsp3) is 0.450. The van der Waals surface area contributed by atoms with Crippen LogP contribution in [0.5, 0.6) is 5.75 Å². The van der Waals surface area contributed by atoms with Crippen LogP contribution in [-0.2, 0) is 6.42 Å². The van der Waals surface area contributed by atoms with Gasteiger partial charge in [-0.05, 0) is 62.7 Å². The van der Waals surface area contributed by atoms with Gasteiger partial charge in [0.05, 0.1) is 24.2 Å². The van der Waals surface area contributed by atoms with E-state index in [0.717, 1.165) is 67.4 Å². The number of fused-ring (bicyclic) bond motifs is 2. The first-order valence-electron chi connectivity index (χ1n) is 9.14. The molecule has 144 valence electrons. The Morgan fingerprint density at radius 3 is 2.81 bits per heavy atom. The summed E-state index contributed by atoms with van der Waals surface area (Å²) in [5.74, 6) is 1.50. The largest absolute Gasteiger partial charge is 0.493 e. The summed E-state index contributed by atoms with van der Waals surface area (Å²) in [6.45, 7) is 5.04. The van der Waals surface area contributed by atoms with Gasteiger partial charge in [-0.1, -0.05) is 0 Å². The molecule has 0 spiro atoms. The summed E-state index contributed by atoms with van der Waals surface area (Å²) in [7, 11) is 0. The smallest absolute Gasteiger partial charge is 0.151 e. The van der Waals surface area contributed by atoms with Gasteiger partial charge in [0.25, 0.3) is 0 Å². The van der Waals surface area contributed by atoms with Crippen molar-refractivity contribution in [2.24, 2.45) is 20.9 Å². The maximum absolute atomic E-state index is 5.60. The topological polar surface area (TPSA) is 89.8 Å². The fourth-order valence-corrected chi connectivity index (χ4v) is 4.13. The number of nitrogens with one attached hydrogen (secondary N) is 1. The van der Waals surface area contributed by atoms with Crippen LogP contribution in [0.4, 0.5) is 0 Å². The number of hydrogen-bond donors (Lipinski definition) is 1. The predicted octanol–water partition coefficient (Wildman–Crippen LogP) is 2.26. The molecule has 4 aliphatic heterocycles. The van der Waals surface area contributed by atoms with Crippen molar-refractivity contribution in [1.29, 1.82) is 0 Å². The molecule has 0 aliphatic carbocycles. The number of aliphatic imine (C=N–C) groups is 3. The number of nitrogens with zero attached hydrogens (tertiary/aromatic N) is 3. The molecule has 27 heavy (non-hydrogen) atoms. The predicted molar refractivity (Wildman–Crippen MR) is 112 cm³/mol. The molecule has 0 saturated carbocycles. The minimum atomic E-state index is -0.353. The van der Waals surface area contributed by atoms with Crippen molar-refractivity contribution < 1.29 is 10.2 Å². The lowest BCUT2D eigenvalue weighted by Gasteiger charge is -2.35. The molecule has 3 N–H and O–H groups in total. The molecule has 0 aromatic heterocycles. The highest BCUT2D eigenvalue weighted by Crippen LogP contribution is 2.35. The number of ether oxygens (including phenoxy) is 1. The summed E-state index contributed by atoms with van der Waals surface area (Å²) in [6.07, 6.45) is 7.25. The molecule has 0 bridgehead atoms. The Bertz CT molecular complexity index is 856. The highest BCUT2D eigenvalue weighted by molar-refractivity contribution is 6.68. The second kappa shape index (κ2) is 7.54. The van der Waals surface area contributed by atoms with Crippen LogP contribution in [0.2, 0.25) is 0 Å². The van der Waals surface area contributed by atoms with Gasteiger partial charge in [0.1, 0.15) is 11.5 Å². The lowest BCUT2D eigenvalue weighted by Crippen LogP contribution is -2.42. The van der Waals surface area contributed by atoms with E-state index in [4.69, 9.17) is 19.7 Å². The molecule has 1 unspecified atom stereocenters. The van der Waals surface area contributed by atoms with Gasteiger partial charge in [-0.15, -0.1) is 12.4 Å². The summed E-state index contributed by atoms with van der Waals surface area (Å²) in [4.78, 5) is 14.6. The van der Waals surface area contributed by atoms with Crippen molar-refractivity contribution >= 4 is 35.7 Å². The van der Waals surface area contributed by atoms with E-state index >= 15 is 0 Å². The van der Waals surface area contributed by atoms with Crippen LogP contribution in [0.25, 0.3) is 5.70 Å². The van der Waals surface area contributed by atoms with E-state index < -0.39 is 0 Å². The van der Waals surface area contributed by atoms with E-state index in [9.17, 15) is 0 Å². The lowest BCUT2D eigenvalue weighted by molar-refractivity contribution is 0.244. The molecule has 4 aliphatic rings. The lowest BCUT2D eigenvalue weighted by atomic mass is 9.85. The molecule has 1 aromatic rings. The summed E-state index contributed by atoms with van der Waals surface area (Å²) < 4.78 is 5.60. The quantitative estimate of drug-likeness (QED) is 0.841. The van der Waals surface area contributed by atoms with Gasteiger partial charge in [0, 0.05) is 17.9 Å². The Morgan fingerprint density at radius 1 is 1.19 bits per heavy atom. The van der Waals surface area contributed by atoms with Crippen LogP contribution < -0.4 is 10.1 Å². The normalized spacial score (nSPS) is 25.9. The van der Waals surface area contributed by atoms with Crippen molar-refractivity contribution in [3.63, 3.8) is 0 Å². The van der Waals surface area contributed by atoms with Gasteiger partial charge in [0.15, 0.2) is 5.66 Å². The van der Waals surface area contributed by atoms with Crippen LogP contribution in [-0.4, -0.2) is 48.5 Å². The van der Waals surface area contributed by atoms with Gasteiger partial charge in [-0.3, -0.25) is 9.98 Å². The number of benzene rings is 1. The zero-order chi connectivity index (χ0) is 16.9. The highest BCUT2D eigenvalue weighted by Gasteiger charge is 2.37. The first-order valence-corrected chi connectivity index (χ1v) is 9.14. The summed E-state index contributed by atoms with van der Waals surface area (Å²) >= 11 is 0. The third kappa shape index (κ3) is 3.45. The monoisotopic (exact) mass is 388 g/mol. The molecule has 4 heterocycles. The van der Waals surface area contributed by atoms with E-state index in [1.165, 1.54) is 5.56 Å². The maximum atomic E-state index is 5.60. The molecule has 6 nitrogen and oxygen atoms in total. The van der Waals surface area contributed by atoms with Crippen molar-refractivity contribution in [2.75, 3.05) is 19.7 Å². The van der Waals surface area contributed by atoms with Gasteiger partial charge >= 0.3 is 0 Å². The Balaban J connectivity index is 0.00000105. The van der Waals surface area contributed by atoms with Crippen molar-refractivity contribution in [2.45, 2.75) is 31.8 Å². The number of halogens is 1.